The van der Waals surface area contributed by atoms with E-state index in [-0.39, 0.29) is 107 Å². The quantitative estimate of drug-likeness (QED) is 0.0167. The van der Waals surface area contributed by atoms with Crippen molar-refractivity contribution in [3.8, 4) is 11.5 Å². The van der Waals surface area contributed by atoms with Crippen LogP contribution in [0.1, 0.15) is 81.5 Å². The van der Waals surface area contributed by atoms with Gasteiger partial charge in [-0.3, -0.25) is 57.7 Å². The Morgan fingerprint density at radius 1 is 0.606 bits per heavy atom. The van der Waals surface area contributed by atoms with Crippen LogP contribution in [0.15, 0.2) is 59.1 Å². The number of primary sulfonamides is 1. The maximum Gasteiger partial charge on any atom is 0.326 e. The van der Waals surface area contributed by atoms with Crippen molar-refractivity contribution in [1.29, 1.82) is 0 Å². The molecule has 0 bridgehead atoms. The van der Waals surface area contributed by atoms with Crippen molar-refractivity contribution in [3.63, 3.8) is 0 Å². The second-order valence-corrected chi connectivity index (χ2v) is 24.9. The predicted octanol–water partition coefficient (Wildman–Crippen LogP) is -2.14. The van der Waals surface area contributed by atoms with Gasteiger partial charge in [0.1, 0.15) is 29.6 Å². The number of aromatic nitrogens is 5. The maximum atomic E-state index is 13.6. The number of anilines is 1. The number of hydrogen-bond acceptors (Lipinski definition) is 24. The summed E-state index contributed by atoms with van der Waals surface area (Å²) in [7, 11) is -4.09. The second kappa shape index (κ2) is 38.4. The highest BCUT2D eigenvalue weighted by molar-refractivity contribution is 7.91. The number of hydrogen-bond donors (Lipinski definition) is 13. The fourth-order valence-corrected chi connectivity index (χ4v) is 11.1. The van der Waals surface area contributed by atoms with Gasteiger partial charge in [-0.1, -0.05) is 47.7 Å². The number of benzene rings is 2. The van der Waals surface area contributed by atoms with Crippen molar-refractivity contribution in [3.05, 3.63) is 71.5 Å². The van der Waals surface area contributed by atoms with Crippen molar-refractivity contribution < 1.29 is 96.5 Å². The Morgan fingerprint density at radius 3 is 1.61 bits per heavy atom. The normalized spacial score (nSPS) is 14.4. The number of phenolic OH excluding ortho intramolecular Hbond substituents is 2. The van der Waals surface area contributed by atoms with E-state index in [4.69, 9.17) is 14.6 Å². The van der Waals surface area contributed by atoms with E-state index in [0.717, 1.165) is 0 Å². The number of nitrogens with one attached hydrogen (secondary N) is 6. The molecule has 2 aromatic carbocycles. The Labute approximate surface area is 544 Å². The van der Waals surface area contributed by atoms with Gasteiger partial charge in [0.05, 0.1) is 64.6 Å². The third-order valence-electron chi connectivity index (χ3n) is 14.8. The lowest BCUT2D eigenvalue weighted by molar-refractivity contribution is -0.145. The number of aromatic hydroxyl groups is 2. The van der Waals surface area contributed by atoms with Crippen LogP contribution in [0, 0.1) is 0 Å². The molecule has 6 amide bonds. The lowest BCUT2D eigenvalue weighted by Gasteiger charge is -2.31. The van der Waals surface area contributed by atoms with Gasteiger partial charge in [0.2, 0.25) is 44.9 Å². The number of phenols is 2. The maximum absolute atomic E-state index is 13.6. The second-order valence-electron chi connectivity index (χ2n) is 22.1. The van der Waals surface area contributed by atoms with E-state index in [9.17, 15) is 87.0 Å². The molecule has 3 atom stereocenters. The van der Waals surface area contributed by atoms with Crippen molar-refractivity contribution in [2.45, 2.75) is 106 Å². The average Bonchev–Trinajstić information content (AvgIpc) is 1.02. The number of carbonyl (C=O) groups is 10. The molecule has 1 saturated heterocycles. The number of rotatable bonds is 41. The smallest absolute Gasteiger partial charge is 0.326 e. The average molecular weight is 1360 g/mol. The third kappa shape index (κ3) is 27.8. The van der Waals surface area contributed by atoms with Crippen LogP contribution in [0.3, 0.4) is 0 Å². The van der Waals surface area contributed by atoms with Gasteiger partial charge in [-0.05, 0) is 73.9 Å². The van der Waals surface area contributed by atoms with Gasteiger partial charge < -0.3 is 72.0 Å². The van der Waals surface area contributed by atoms with E-state index in [0.29, 0.717) is 99.7 Å². The molecule has 2 aromatic heterocycles. The Bertz CT molecular complexity index is 3230. The summed E-state index contributed by atoms with van der Waals surface area (Å²) >= 11 is 0.602. The molecule has 94 heavy (non-hydrogen) atoms. The molecule has 0 saturated carbocycles. The fraction of sp³-hybridized carbons (Fsp3) is 0.544. The number of carbonyl (C=O) groups excluding carboxylic acids is 6. The van der Waals surface area contributed by atoms with Crippen molar-refractivity contribution in [2.24, 2.45) is 5.14 Å². The molecule has 4 aromatic rings. The van der Waals surface area contributed by atoms with E-state index in [2.05, 4.69) is 52.4 Å². The molecule has 35 nitrogen and oxygen atoms in total. The molecular formula is C57H81N15O20S2. The summed E-state index contributed by atoms with van der Waals surface area (Å²) in [5, 5.41) is 93.6. The SMILES string of the molecule is CC(CCC(=O)N[C@@H](CC(=O)N[C@@H](CC(=O)N[C@@H](CCCCn1cc(CCCC(=O)Nc2nnc(S(N)(=O)=O)s2)nn1)C(=O)NCCOCCOCCNC(=O)CN1CCN(CC(=O)O)CCN(CC(=O)O)CC1)C(=O)O)C(=O)O)(c1ccc(O)cc1)c1ccc(O)cc1. The molecule has 516 valence electrons. The Hall–Kier alpha value is -8.85. The monoisotopic (exact) mass is 1360 g/mol. The van der Waals surface area contributed by atoms with Gasteiger partial charge in [-0.25, -0.2) is 23.1 Å². The molecule has 1 aliphatic heterocycles. The van der Waals surface area contributed by atoms with Crippen LogP contribution in [0.5, 0.6) is 11.5 Å². The van der Waals surface area contributed by atoms with Gasteiger partial charge >= 0.3 is 23.9 Å². The minimum Gasteiger partial charge on any atom is -0.508 e. The number of aliphatic carboxylic acids is 4. The Kier molecular flexibility index (Phi) is 31.0. The van der Waals surface area contributed by atoms with Crippen LogP contribution in [0.4, 0.5) is 5.13 Å². The van der Waals surface area contributed by atoms with Crippen LogP contribution in [-0.2, 0) is 85.8 Å². The number of unbranched alkanes of at least 4 members (excludes halogenated alkanes) is 1. The van der Waals surface area contributed by atoms with E-state index in [1.54, 1.807) is 40.3 Å². The first-order valence-corrected chi connectivity index (χ1v) is 32.3. The van der Waals surface area contributed by atoms with Crippen molar-refractivity contribution in [1.82, 2.24) is 66.5 Å². The molecule has 0 unspecified atom stereocenters. The standard InChI is InChI=1S/C57H81N15O20S2/c1-57(37-8-12-40(73)13-9-37,38-10-14-41(74)15-11-38)17-16-46(76)62-43(53(85)86)31-48(78)63-44(54(87)88)32-47(77)61-42(6-2-3-20-72-33-39(65-68-72)5-4-7-45(75)64-55-66-67-56(93-55)94(58,89)90)52(84)60-19-28-92-30-29-91-27-18-59-49(79)34-69-21-23-70(35-50(80)81)25-26-71(24-22-69)36-51(82)83/h8-15,33,42-44,73-74H,2-7,16-32,34-36H2,1H3,(H,59,79)(H,60,84)(H,61,77)(H,62,76)(H,63,78)(H,80,81)(H,82,83)(H,85,86)(H,87,88)(H2,58,89,90)(H,64,66,75)/t42-,43-,44-/m0/s1. The number of ether oxygens (including phenoxy) is 2. The first-order valence-electron chi connectivity index (χ1n) is 29.9. The summed E-state index contributed by atoms with van der Waals surface area (Å²) in [5.41, 5.74) is 1.04. The molecule has 5 rings (SSSR count). The van der Waals surface area contributed by atoms with Gasteiger partial charge in [0.15, 0.2) is 0 Å². The molecule has 0 aliphatic carbocycles. The van der Waals surface area contributed by atoms with Gasteiger partial charge in [-0.2, -0.15) is 0 Å². The molecule has 1 aliphatic rings. The summed E-state index contributed by atoms with van der Waals surface area (Å²) in [4.78, 5) is 132. The van der Waals surface area contributed by atoms with Gasteiger partial charge in [-0.15, -0.1) is 15.3 Å². The van der Waals surface area contributed by atoms with Crippen LogP contribution in [0.25, 0.3) is 0 Å². The molecule has 37 heteroatoms. The summed E-state index contributed by atoms with van der Waals surface area (Å²) in [6.45, 7) is 4.29. The molecule has 14 N–H and O–H groups in total. The lowest BCUT2D eigenvalue weighted by Crippen LogP contribution is -2.51. The van der Waals surface area contributed by atoms with Crippen molar-refractivity contribution >= 4 is 85.8 Å². The molecule has 3 heterocycles. The van der Waals surface area contributed by atoms with Gasteiger partial charge in [0.25, 0.3) is 10.0 Å². The zero-order chi connectivity index (χ0) is 68.8. The number of carboxylic acid groups (broad SMARTS) is 4. The number of carboxylic acids is 4. The van der Waals surface area contributed by atoms with E-state index in [1.165, 1.54) is 28.9 Å². The number of nitrogens with zero attached hydrogens (tertiary/aromatic N) is 8. The molecule has 1 fully saturated rings. The molecule has 0 spiro atoms. The number of sulfonamides is 1. The van der Waals surface area contributed by atoms with Crippen LogP contribution in [-0.4, -0.2) is 255 Å². The fourth-order valence-electron chi connectivity index (χ4n) is 9.72. The van der Waals surface area contributed by atoms with Crippen LogP contribution >= 0.6 is 11.3 Å². The van der Waals surface area contributed by atoms with Crippen LogP contribution in [0.2, 0.25) is 0 Å². The first kappa shape index (κ1) is 75.9. The zero-order valence-corrected chi connectivity index (χ0v) is 53.3. The zero-order valence-electron chi connectivity index (χ0n) is 51.7. The highest BCUT2D eigenvalue weighted by Gasteiger charge is 2.33. The van der Waals surface area contributed by atoms with Crippen molar-refractivity contribution in [2.75, 3.05) is 104 Å². The summed E-state index contributed by atoms with van der Waals surface area (Å²) < 4.78 is 35.2. The number of amides is 6. The largest absolute Gasteiger partial charge is 0.508 e. The minimum atomic E-state index is -4.09. The summed E-state index contributed by atoms with van der Waals surface area (Å²) in [6.07, 6.45) is 1.10. The lowest BCUT2D eigenvalue weighted by atomic mass is 9.73. The summed E-state index contributed by atoms with van der Waals surface area (Å²) in [6, 6.07) is 7.48. The topological polar surface area (TPSA) is 509 Å². The Morgan fingerprint density at radius 2 is 1.11 bits per heavy atom. The first-order chi connectivity index (χ1) is 44.6. The van der Waals surface area contributed by atoms with Crippen LogP contribution < -0.4 is 37.0 Å². The number of aryl methyl sites for hydroxylation is 2. The number of nitrogens with two attached hydrogens (primary N) is 1. The molecule has 0 radical (unpaired) electrons. The third-order valence-corrected chi connectivity index (χ3v) is 16.9. The van der Waals surface area contributed by atoms with Gasteiger partial charge in [0, 0.05) is 83.4 Å². The van der Waals surface area contributed by atoms with E-state index < -0.39 is 104 Å². The minimum absolute atomic E-state index is 0.00226. The van der Waals surface area contributed by atoms with E-state index in [1.807, 2.05) is 11.8 Å². The summed E-state index contributed by atoms with van der Waals surface area (Å²) in [5.74, 6) is -9.64. The highest BCUT2D eigenvalue weighted by Crippen LogP contribution is 2.38. The molecular weight excluding hydrogens is 1280 g/mol. The Balaban J connectivity index is 1.10. The highest BCUT2D eigenvalue weighted by atomic mass is 32.2. The predicted molar refractivity (Wildman–Crippen MR) is 331 cm³/mol. The van der Waals surface area contributed by atoms with E-state index >= 15 is 0 Å².